The largest absolute Gasteiger partial charge is 0.303 e. The molecule has 0 radical (unpaired) electrons. The highest BCUT2D eigenvalue weighted by Crippen LogP contribution is 2.03. The topological polar surface area (TPSA) is 17.1 Å². The molecule has 1 unspecified atom stereocenters. The molecule has 1 heteroatoms. The van der Waals surface area contributed by atoms with Crippen LogP contribution in [0.1, 0.15) is 19.8 Å². The lowest BCUT2D eigenvalue weighted by Crippen LogP contribution is -1.96. The summed E-state index contributed by atoms with van der Waals surface area (Å²) in [6.07, 6.45) is 4.51. The molecule has 58 valence electrons. The van der Waals surface area contributed by atoms with Gasteiger partial charge in [0.05, 0.1) is 0 Å². The van der Waals surface area contributed by atoms with Crippen molar-refractivity contribution >= 4 is 6.29 Å². The second kappa shape index (κ2) is 11.0. The van der Waals surface area contributed by atoms with Crippen LogP contribution in [0, 0.1) is 5.92 Å². The highest BCUT2D eigenvalue weighted by atomic mass is 16.1. The first-order valence-electron chi connectivity index (χ1n) is 3.41. The number of aldehydes is 1. The zero-order valence-corrected chi connectivity index (χ0v) is 6.68. The monoisotopic (exact) mass is 140 g/mol. The molecule has 0 aromatic heterocycles. The second-order valence-corrected chi connectivity index (χ2v) is 1.83. The normalized spacial score (nSPS) is 10.5. The lowest BCUT2D eigenvalue weighted by atomic mass is 10.1. The Hall–Kier alpha value is -0.850. The fourth-order valence-corrected chi connectivity index (χ4v) is 0.533. The summed E-state index contributed by atoms with van der Waals surface area (Å²) in [4.78, 5) is 10.1. The molecular formula is C9H16O. The molecule has 0 bridgehead atoms. The number of hydrogen-bond donors (Lipinski definition) is 0. The van der Waals surface area contributed by atoms with Gasteiger partial charge in [0.15, 0.2) is 0 Å². The van der Waals surface area contributed by atoms with Crippen LogP contribution < -0.4 is 0 Å². The number of rotatable bonds is 4. The first-order chi connectivity index (χ1) is 4.85. The van der Waals surface area contributed by atoms with Crippen molar-refractivity contribution < 1.29 is 4.79 Å². The number of allylic oxidation sites excluding steroid dienone is 1. The van der Waals surface area contributed by atoms with Crippen molar-refractivity contribution in [2.24, 2.45) is 5.92 Å². The van der Waals surface area contributed by atoms with E-state index >= 15 is 0 Å². The number of hydrogen-bond acceptors (Lipinski definition) is 1. The van der Waals surface area contributed by atoms with Gasteiger partial charge >= 0.3 is 0 Å². The maximum absolute atomic E-state index is 10.1. The SMILES string of the molecule is C=C.C=CCC(C=O)CC. The van der Waals surface area contributed by atoms with Crippen LogP contribution in [-0.4, -0.2) is 6.29 Å². The van der Waals surface area contributed by atoms with E-state index < -0.39 is 0 Å². The Bertz CT molecular complexity index is 86.7. The number of carbonyl (C=O) groups is 1. The van der Waals surface area contributed by atoms with E-state index in [0.717, 1.165) is 19.1 Å². The summed E-state index contributed by atoms with van der Waals surface area (Å²) in [5, 5.41) is 0. The average molecular weight is 140 g/mol. The fraction of sp³-hybridized carbons (Fsp3) is 0.444. The quantitative estimate of drug-likeness (QED) is 0.433. The van der Waals surface area contributed by atoms with E-state index in [1.165, 1.54) is 0 Å². The van der Waals surface area contributed by atoms with E-state index in [0.29, 0.717) is 0 Å². The van der Waals surface area contributed by atoms with Crippen molar-refractivity contribution in [2.75, 3.05) is 0 Å². The van der Waals surface area contributed by atoms with E-state index in [4.69, 9.17) is 0 Å². The van der Waals surface area contributed by atoms with Gasteiger partial charge < -0.3 is 4.79 Å². The molecule has 0 heterocycles. The summed E-state index contributed by atoms with van der Waals surface area (Å²) < 4.78 is 0. The van der Waals surface area contributed by atoms with E-state index in [2.05, 4.69) is 19.7 Å². The van der Waals surface area contributed by atoms with E-state index in [9.17, 15) is 4.79 Å². The Morgan fingerprint density at radius 2 is 2.00 bits per heavy atom. The fourth-order valence-electron chi connectivity index (χ4n) is 0.533. The predicted molar refractivity (Wildman–Crippen MR) is 45.9 cm³/mol. The highest BCUT2D eigenvalue weighted by Gasteiger charge is 1.98. The van der Waals surface area contributed by atoms with Gasteiger partial charge in [-0.3, -0.25) is 0 Å². The summed E-state index contributed by atoms with van der Waals surface area (Å²) >= 11 is 0. The first-order valence-corrected chi connectivity index (χ1v) is 3.41. The van der Waals surface area contributed by atoms with Gasteiger partial charge in [-0.2, -0.15) is 0 Å². The summed E-state index contributed by atoms with van der Waals surface area (Å²) in [5.41, 5.74) is 0. The molecular weight excluding hydrogens is 124 g/mol. The lowest BCUT2D eigenvalue weighted by Gasteiger charge is -1.98. The maximum Gasteiger partial charge on any atom is 0.123 e. The van der Waals surface area contributed by atoms with Crippen molar-refractivity contribution in [1.29, 1.82) is 0 Å². The lowest BCUT2D eigenvalue weighted by molar-refractivity contribution is -0.111. The van der Waals surface area contributed by atoms with E-state index in [-0.39, 0.29) is 5.92 Å². The van der Waals surface area contributed by atoms with E-state index in [1.807, 2.05) is 6.92 Å². The third-order valence-corrected chi connectivity index (χ3v) is 1.19. The highest BCUT2D eigenvalue weighted by molar-refractivity contribution is 5.53. The van der Waals surface area contributed by atoms with Crippen molar-refractivity contribution in [3.05, 3.63) is 25.8 Å². The maximum atomic E-state index is 10.1. The Morgan fingerprint density at radius 1 is 1.50 bits per heavy atom. The average Bonchev–Trinajstić information content (AvgIpc) is 2.04. The van der Waals surface area contributed by atoms with Crippen LogP contribution in [0.5, 0.6) is 0 Å². The predicted octanol–water partition coefficient (Wildman–Crippen LogP) is 2.59. The molecule has 0 aliphatic carbocycles. The minimum atomic E-state index is 0.201. The standard InChI is InChI=1S/C7H12O.C2H4/c1-3-5-7(4-2)6-8;1-2/h3,6-7H,1,4-5H2,2H3;1-2H2. The van der Waals surface area contributed by atoms with Crippen molar-refractivity contribution in [3.8, 4) is 0 Å². The second-order valence-electron chi connectivity index (χ2n) is 1.83. The van der Waals surface area contributed by atoms with Gasteiger partial charge in [0.25, 0.3) is 0 Å². The van der Waals surface area contributed by atoms with Gasteiger partial charge in [0, 0.05) is 5.92 Å². The summed E-state index contributed by atoms with van der Waals surface area (Å²) in [6, 6.07) is 0. The molecule has 0 spiro atoms. The molecule has 0 rings (SSSR count). The minimum absolute atomic E-state index is 0.201. The van der Waals surface area contributed by atoms with Crippen LogP contribution in [0.4, 0.5) is 0 Å². The third kappa shape index (κ3) is 7.15. The summed E-state index contributed by atoms with van der Waals surface area (Å²) in [7, 11) is 0. The van der Waals surface area contributed by atoms with Gasteiger partial charge in [-0.05, 0) is 12.8 Å². The van der Waals surface area contributed by atoms with Crippen molar-refractivity contribution in [3.63, 3.8) is 0 Å². The van der Waals surface area contributed by atoms with Crippen molar-refractivity contribution in [1.82, 2.24) is 0 Å². The molecule has 0 saturated heterocycles. The van der Waals surface area contributed by atoms with Gasteiger partial charge in [0.2, 0.25) is 0 Å². The van der Waals surface area contributed by atoms with Crippen LogP contribution >= 0.6 is 0 Å². The summed E-state index contributed by atoms with van der Waals surface area (Å²) in [5.74, 6) is 0.201. The van der Waals surface area contributed by atoms with Gasteiger partial charge in [-0.15, -0.1) is 19.7 Å². The Labute approximate surface area is 63.4 Å². The van der Waals surface area contributed by atoms with Crippen LogP contribution in [0.3, 0.4) is 0 Å². The first kappa shape index (κ1) is 11.9. The molecule has 0 N–H and O–H groups in total. The molecule has 0 amide bonds. The van der Waals surface area contributed by atoms with Crippen LogP contribution in [0.2, 0.25) is 0 Å². The minimum Gasteiger partial charge on any atom is -0.303 e. The molecule has 1 atom stereocenters. The zero-order chi connectivity index (χ0) is 8.41. The third-order valence-electron chi connectivity index (χ3n) is 1.19. The van der Waals surface area contributed by atoms with Gasteiger partial charge in [-0.1, -0.05) is 13.0 Å². The Balaban J connectivity index is 0. The number of carbonyl (C=O) groups excluding carboxylic acids is 1. The van der Waals surface area contributed by atoms with Crippen molar-refractivity contribution in [2.45, 2.75) is 19.8 Å². The van der Waals surface area contributed by atoms with Gasteiger partial charge in [0.1, 0.15) is 6.29 Å². The molecule has 10 heavy (non-hydrogen) atoms. The molecule has 0 fully saturated rings. The molecule has 0 aliphatic rings. The Kier molecular flexibility index (Phi) is 13.1. The molecule has 0 saturated carbocycles. The Morgan fingerprint density at radius 3 is 2.10 bits per heavy atom. The van der Waals surface area contributed by atoms with Gasteiger partial charge in [-0.25, -0.2) is 0 Å². The van der Waals surface area contributed by atoms with E-state index in [1.54, 1.807) is 6.08 Å². The smallest absolute Gasteiger partial charge is 0.123 e. The van der Waals surface area contributed by atoms with Crippen LogP contribution in [-0.2, 0) is 4.79 Å². The van der Waals surface area contributed by atoms with Crippen LogP contribution in [0.15, 0.2) is 25.8 Å². The molecule has 0 aromatic carbocycles. The zero-order valence-electron chi connectivity index (χ0n) is 6.68. The molecule has 1 nitrogen and oxygen atoms in total. The molecule has 0 aromatic rings. The van der Waals surface area contributed by atoms with Crippen LogP contribution in [0.25, 0.3) is 0 Å². The summed E-state index contributed by atoms with van der Waals surface area (Å²) in [6.45, 7) is 11.5. The molecule has 0 aliphatic heterocycles.